The van der Waals surface area contributed by atoms with Crippen LogP contribution in [0.1, 0.15) is 20.3 Å². The lowest BCUT2D eigenvalue weighted by Gasteiger charge is -2.34. The van der Waals surface area contributed by atoms with Gasteiger partial charge in [0, 0.05) is 0 Å². The van der Waals surface area contributed by atoms with Crippen molar-refractivity contribution in [3.63, 3.8) is 0 Å². The number of carbonyl (C=O) groups is 2. The van der Waals surface area contributed by atoms with Crippen molar-refractivity contribution >= 4 is 11.9 Å². The Bertz CT molecular complexity index is 369. The molecule has 1 amide bonds. The van der Waals surface area contributed by atoms with Crippen LogP contribution < -0.4 is 5.32 Å². The van der Waals surface area contributed by atoms with Gasteiger partial charge in [-0.25, -0.2) is 0 Å². The summed E-state index contributed by atoms with van der Waals surface area (Å²) in [5, 5.41) is 12.7. The van der Waals surface area contributed by atoms with Crippen molar-refractivity contribution in [2.24, 2.45) is 0 Å². The third kappa shape index (κ3) is 2.33. The number of aliphatic hydroxyl groups excluding tert-OH is 1. The number of hydrogen-bond donors (Lipinski definition) is 2. The first-order valence-corrected chi connectivity index (χ1v) is 5.75. The highest BCUT2D eigenvalue weighted by atomic mass is 16.8. The fourth-order valence-electron chi connectivity index (χ4n) is 2.26. The topological polar surface area (TPSA) is 94.1 Å². The normalized spacial score (nSPS) is 37.9. The van der Waals surface area contributed by atoms with Crippen LogP contribution in [0, 0.1) is 0 Å². The molecule has 0 radical (unpaired) electrons. The number of amides is 1. The van der Waals surface area contributed by atoms with Crippen LogP contribution in [-0.2, 0) is 23.8 Å². The van der Waals surface area contributed by atoms with Gasteiger partial charge in [-0.2, -0.15) is 0 Å². The van der Waals surface area contributed by atoms with Crippen LogP contribution >= 0.6 is 0 Å². The van der Waals surface area contributed by atoms with Crippen LogP contribution in [-0.4, -0.2) is 54.2 Å². The van der Waals surface area contributed by atoms with E-state index < -0.39 is 36.1 Å². The van der Waals surface area contributed by atoms with Crippen molar-refractivity contribution in [3.8, 4) is 0 Å². The maximum atomic E-state index is 11.8. The number of esters is 1. The van der Waals surface area contributed by atoms with Crippen molar-refractivity contribution in [2.45, 2.75) is 50.4 Å². The molecule has 7 nitrogen and oxygen atoms in total. The van der Waals surface area contributed by atoms with Crippen molar-refractivity contribution in [2.75, 3.05) is 7.11 Å². The van der Waals surface area contributed by atoms with Gasteiger partial charge in [-0.1, -0.05) is 0 Å². The SMILES string of the molecule is COC(=O)CC1NC(=O)C2OC(C)(C)OC2[C@@H]1O. The second kappa shape index (κ2) is 4.49. The van der Waals surface area contributed by atoms with E-state index in [-0.39, 0.29) is 12.3 Å². The fourth-order valence-corrected chi connectivity index (χ4v) is 2.26. The fraction of sp³-hybridized carbons (Fsp3) is 0.818. The van der Waals surface area contributed by atoms with Crippen LogP contribution in [0.2, 0.25) is 0 Å². The van der Waals surface area contributed by atoms with Crippen LogP contribution in [0.15, 0.2) is 0 Å². The van der Waals surface area contributed by atoms with E-state index in [1.165, 1.54) is 7.11 Å². The van der Waals surface area contributed by atoms with Crippen molar-refractivity contribution in [1.82, 2.24) is 5.32 Å². The number of fused-ring (bicyclic) bond motifs is 1. The maximum Gasteiger partial charge on any atom is 0.307 e. The highest BCUT2D eigenvalue weighted by molar-refractivity contribution is 5.84. The summed E-state index contributed by atoms with van der Waals surface area (Å²) in [5.74, 6) is -1.81. The zero-order chi connectivity index (χ0) is 13.5. The highest BCUT2D eigenvalue weighted by Gasteiger charge is 2.54. The molecule has 2 aliphatic rings. The molecule has 0 aromatic carbocycles. The van der Waals surface area contributed by atoms with Crippen molar-refractivity contribution < 1.29 is 28.9 Å². The number of methoxy groups -OCH3 is 1. The molecular formula is C11H17NO6. The van der Waals surface area contributed by atoms with Gasteiger partial charge in [0.05, 0.1) is 19.6 Å². The van der Waals surface area contributed by atoms with E-state index in [2.05, 4.69) is 10.1 Å². The molecule has 2 saturated heterocycles. The van der Waals surface area contributed by atoms with Gasteiger partial charge in [-0.15, -0.1) is 0 Å². The number of hydrogen-bond acceptors (Lipinski definition) is 6. The third-order valence-corrected chi connectivity index (χ3v) is 3.08. The number of rotatable bonds is 2. The Kier molecular flexibility index (Phi) is 3.31. The van der Waals surface area contributed by atoms with Gasteiger partial charge in [0.15, 0.2) is 11.9 Å². The molecule has 0 saturated carbocycles. The number of aliphatic hydroxyl groups is 1. The maximum absolute atomic E-state index is 11.8. The molecule has 102 valence electrons. The molecule has 2 rings (SSSR count). The zero-order valence-corrected chi connectivity index (χ0v) is 10.5. The van der Waals surface area contributed by atoms with Gasteiger partial charge in [0.25, 0.3) is 5.91 Å². The minimum atomic E-state index is -1.01. The van der Waals surface area contributed by atoms with E-state index in [1.807, 2.05) is 0 Å². The largest absolute Gasteiger partial charge is 0.469 e. The number of piperidine rings is 1. The minimum absolute atomic E-state index is 0.101. The van der Waals surface area contributed by atoms with E-state index in [9.17, 15) is 14.7 Å². The van der Waals surface area contributed by atoms with Crippen molar-refractivity contribution in [3.05, 3.63) is 0 Å². The molecule has 2 N–H and O–H groups in total. The molecule has 2 fully saturated rings. The second-order valence-electron chi connectivity index (χ2n) is 4.91. The average Bonchev–Trinajstić information content (AvgIpc) is 2.62. The Morgan fingerprint density at radius 1 is 1.50 bits per heavy atom. The quantitative estimate of drug-likeness (QED) is 0.613. The first kappa shape index (κ1) is 13.3. The summed E-state index contributed by atoms with van der Waals surface area (Å²) in [7, 11) is 1.25. The first-order chi connectivity index (χ1) is 8.34. The standard InChI is InChI=1S/C11H17NO6/c1-11(2)17-8-7(14)5(4-6(13)16-3)12-10(15)9(8)18-11/h5,7-9,14H,4H2,1-3H3,(H,12,15)/t5?,7-,8?,9?/m1/s1. The van der Waals surface area contributed by atoms with Crippen LogP contribution in [0.25, 0.3) is 0 Å². The summed E-state index contributed by atoms with van der Waals surface area (Å²) < 4.78 is 15.4. The number of ether oxygens (including phenoxy) is 3. The van der Waals surface area contributed by atoms with Crippen LogP contribution in [0.5, 0.6) is 0 Å². The molecular weight excluding hydrogens is 242 g/mol. The third-order valence-electron chi connectivity index (χ3n) is 3.08. The molecule has 0 aromatic heterocycles. The van der Waals surface area contributed by atoms with Gasteiger partial charge in [-0.05, 0) is 13.8 Å². The van der Waals surface area contributed by atoms with E-state index in [0.29, 0.717) is 0 Å². The summed E-state index contributed by atoms with van der Waals surface area (Å²) in [6.07, 6.45) is -2.71. The Morgan fingerprint density at radius 3 is 2.78 bits per heavy atom. The summed E-state index contributed by atoms with van der Waals surface area (Å²) in [6.45, 7) is 3.33. The first-order valence-electron chi connectivity index (χ1n) is 5.75. The molecule has 18 heavy (non-hydrogen) atoms. The number of carbonyl (C=O) groups excluding carboxylic acids is 2. The molecule has 2 aliphatic heterocycles. The molecule has 0 aliphatic carbocycles. The predicted octanol–water partition coefficient (Wildman–Crippen LogP) is -1.07. The zero-order valence-electron chi connectivity index (χ0n) is 10.5. The van der Waals surface area contributed by atoms with Crippen LogP contribution in [0.3, 0.4) is 0 Å². The van der Waals surface area contributed by atoms with Gasteiger partial charge in [0.2, 0.25) is 0 Å². The van der Waals surface area contributed by atoms with Gasteiger partial charge >= 0.3 is 5.97 Å². The Morgan fingerprint density at radius 2 is 2.17 bits per heavy atom. The average molecular weight is 259 g/mol. The summed E-state index contributed by atoms with van der Waals surface area (Å²) in [6, 6.07) is -0.719. The summed E-state index contributed by atoms with van der Waals surface area (Å²) in [4.78, 5) is 23.0. The van der Waals surface area contributed by atoms with E-state index in [4.69, 9.17) is 9.47 Å². The van der Waals surface area contributed by atoms with Gasteiger partial charge in [-0.3, -0.25) is 9.59 Å². The molecule has 0 bridgehead atoms. The highest BCUT2D eigenvalue weighted by Crippen LogP contribution is 2.33. The minimum Gasteiger partial charge on any atom is -0.469 e. The Labute approximate surface area is 104 Å². The molecule has 7 heteroatoms. The lowest BCUT2D eigenvalue weighted by atomic mass is 9.93. The van der Waals surface area contributed by atoms with E-state index >= 15 is 0 Å². The van der Waals surface area contributed by atoms with Gasteiger partial charge < -0.3 is 24.6 Å². The molecule has 0 spiro atoms. The lowest BCUT2D eigenvalue weighted by molar-refractivity contribution is -0.157. The van der Waals surface area contributed by atoms with Crippen LogP contribution in [0.4, 0.5) is 0 Å². The number of nitrogens with one attached hydrogen (secondary N) is 1. The summed E-state index contributed by atoms with van der Waals surface area (Å²) >= 11 is 0. The Balaban J connectivity index is 2.11. The smallest absolute Gasteiger partial charge is 0.307 e. The second-order valence-corrected chi connectivity index (χ2v) is 4.91. The summed E-state index contributed by atoms with van der Waals surface area (Å²) in [5.41, 5.74) is 0. The molecule has 0 aromatic rings. The van der Waals surface area contributed by atoms with E-state index in [1.54, 1.807) is 13.8 Å². The van der Waals surface area contributed by atoms with Crippen molar-refractivity contribution in [1.29, 1.82) is 0 Å². The molecule has 2 heterocycles. The molecule has 4 atom stereocenters. The monoisotopic (exact) mass is 259 g/mol. The molecule has 3 unspecified atom stereocenters. The van der Waals surface area contributed by atoms with E-state index in [0.717, 1.165) is 0 Å². The predicted molar refractivity (Wildman–Crippen MR) is 58.4 cm³/mol. The van der Waals surface area contributed by atoms with Gasteiger partial charge in [0.1, 0.15) is 12.2 Å². The Hall–Kier alpha value is -1.18. The lowest BCUT2D eigenvalue weighted by Crippen LogP contribution is -2.62.